The van der Waals surface area contributed by atoms with Crippen LogP contribution in [0, 0.1) is 0 Å². The van der Waals surface area contributed by atoms with Crippen molar-refractivity contribution < 1.29 is 17.9 Å². The van der Waals surface area contributed by atoms with Crippen molar-refractivity contribution in [3.63, 3.8) is 0 Å². The monoisotopic (exact) mass is 297 g/mol. The maximum absolute atomic E-state index is 12.2. The molecular formula is C14H19NO4S. The van der Waals surface area contributed by atoms with Crippen molar-refractivity contribution in [3.05, 3.63) is 29.8 Å². The number of carbonyl (C=O) groups is 1. The van der Waals surface area contributed by atoms with Crippen LogP contribution in [0.2, 0.25) is 0 Å². The van der Waals surface area contributed by atoms with Crippen LogP contribution in [0.25, 0.3) is 0 Å². The van der Waals surface area contributed by atoms with Crippen molar-refractivity contribution in [2.75, 3.05) is 26.3 Å². The second-order valence-electron chi connectivity index (χ2n) is 5.02. The summed E-state index contributed by atoms with van der Waals surface area (Å²) in [7, 11) is -3.29. The number of amides is 1. The Bertz CT molecular complexity index is 572. The van der Waals surface area contributed by atoms with E-state index in [-0.39, 0.29) is 10.8 Å². The van der Waals surface area contributed by atoms with Crippen LogP contribution in [0.15, 0.2) is 29.2 Å². The van der Waals surface area contributed by atoms with Crippen molar-refractivity contribution in [3.8, 4) is 0 Å². The highest BCUT2D eigenvalue weighted by Gasteiger charge is 2.21. The number of ether oxygens (including phenoxy) is 1. The van der Waals surface area contributed by atoms with Gasteiger partial charge in [0.15, 0.2) is 9.84 Å². The van der Waals surface area contributed by atoms with E-state index >= 15 is 0 Å². The Morgan fingerprint density at radius 1 is 1.15 bits per heavy atom. The van der Waals surface area contributed by atoms with Gasteiger partial charge in [-0.2, -0.15) is 0 Å². The Morgan fingerprint density at radius 3 is 2.20 bits per heavy atom. The van der Waals surface area contributed by atoms with Crippen molar-refractivity contribution in [1.29, 1.82) is 0 Å². The van der Waals surface area contributed by atoms with Crippen LogP contribution in [0.4, 0.5) is 0 Å². The first-order valence-corrected chi connectivity index (χ1v) is 8.18. The minimum atomic E-state index is -3.29. The molecule has 0 aromatic heterocycles. The summed E-state index contributed by atoms with van der Waals surface area (Å²) in [6.07, 6.45) is 0. The van der Waals surface area contributed by atoms with Crippen LogP contribution in [0.3, 0.4) is 0 Å². The van der Waals surface area contributed by atoms with E-state index in [4.69, 9.17) is 4.74 Å². The molecule has 0 saturated carbocycles. The number of carbonyl (C=O) groups excluding carboxylic acids is 1. The highest BCUT2D eigenvalue weighted by Crippen LogP contribution is 2.17. The van der Waals surface area contributed by atoms with E-state index in [1.807, 2.05) is 0 Å². The van der Waals surface area contributed by atoms with Crippen molar-refractivity contribution in [2.24, 2.45) is 0 Å². The van der Waals surface area contributed by atoms with Crippen LogP contribution >= 0.6 is 0 Å². The molecule has 1 aliphatic heterocycles. The largest absolute Gasteiger partial charge is 0.378 e. The molecule has 2 rings (SSSR count). The molecule has 0 N–H and O–H groups in total. The van der Waals surface area contributed by atoms with Crippen LogP contribution < -0.4 is 0 Å². The van der Waals surface area contributed by atoms with E-state index in [0.717, 1.165) is 0 Å². The Balaban J connectivity index is 2.18. The molecule has 1 heterocycles. The molecule has 6 heteroatoms. The molecule has 5 nitrogen and oxygen atoms in total. The molecule has 1 amide bonds. The third-order valence-corrected chi connectivity index (χ3v) is 5.52. The summed E-state index contributed by atoms with van der Waals surface area (Å²) in [5.41, 5.74) is 0.509. The zero-order valence-electron chi connectivity index (χ0n) is 11.7. The highest BCUT2D eigenvalue weighted by molar-refractivity contribution is 7.92. The van der Waals surface area contributed by atoms with E-state index in [1.165, 1.54) is 12.1 Å². The standard InChI is InChI=1S/C14H19NO4S/c1-11(2)20(17,18)13-5-3-12(4-6-13)14(16)15-7-9-19-10-8-15/h3-6,11H,7-10H2,1-2H3. The predicted octanol–water partition coefficient (Wildman–Crippen LogP) is 1.34. The topological polar surface area (TPSA) is 63.7 Å². The minimum absolute atomic E-state index is 0.0817. The average molecular weight is 297 g/mol. The molecule has 1 aromatic carbocycles. The number of morpholine rings is 1. The fourth-order valence-corrected chi connectivity index (χ4v) is 3.07. The van der Waals surface area contributed by atoms with Crippen molar-refractivity contribution >= 4 is 15.7 Å². The predicted molar refractivity (Wildman–Crippen MR) is 75.5 cm³/mol. The first-order chi connectivity index (χ1) is 9.43. The molecule has 1 aliphatic rings. The molecule has 0 spiro atoms. The molecule has 1 aromatic rings. The third-order valence-electron chi connectivity index (χ3n) is 3.35. The van der Waals surface area contributed by atoms with E-state index in [9.17, 15) is 13.2 Å². The first-order valence-electron chi connectivity index (χ1n) is 6.64. The third kappa shape index (κ3) is 3.02. The Hall–Kier alpha value is -1.40. The van der Waals surface area contributed by atoms with Gasteiger partial charge in [0.1, 0.15) is 0 Å². The van der Waals surface area contributed by atoms with Gasteiger partial charge in [0.2, 0.25) is 0 Å². The normalized spacial score (nSPS) is 16.4. The second-order valence-corrected chi connectivity index (χ2v) is 7.53. The van der Waals surface area contributed by atoms with E-state index in [1.54, 1.807) is 30.9 Å². The maximum atomic E-state index is 12.2. The summed E-state index contributed by atoms with van der Waals surface area (Å²) in [5, 5.41) is -0.469. The lowest BCUT2D eigenvalue weighted by molar-refractivity contribution is 0.0303. The van der Waals surface area contributed by atoms with Crippen LogP contribution in [0.5, 0.6) is 0 Å². The summed E-state index contributed by atoms with van der Waals surface area (Å²) >= 11 is 0. The molecule has 0 unspecified atom stereocenters. The molecule has 1 fully saturated rings. The van der Waals surface area contributed by atoms with E-state index in [2.05, 4.69) is 0 Å². The Kier molecular flexibility index (Phi) is 4.45. The average Bonchev–Trinajstić information content (AvgIpc) is 2.47. The summed E-state index contributed by atoms with van der Waals surface area (Å²) < 4.78 is 29.2. The molecule has 0 aliphatic carbocycles. The fraction of sp³-hybridized carbons (Fsp3) is 0.500. The van der Waals surface area contributed by atoms with Gasteiger partial charge in [0.25, 0.3) is 5.91 Å². The van der Waals surface area contributed by atoms with Crippen molar-refractivity contribution in [1.82, 2.24) is 4.90 Å². The fourth-order valence-electron chi connectivity index (χ4n) is 2.01. The molecule has 20 heavy (non-hydrogen) atoms. The number of benzene rings is 1. The number of nitrogens with zero attached hydrogens (tertiary/aromatic N) is 1. The molecule has 0 bridgehead atoms. The Labute approximate surface area is 119 Å². The quantitative estimate of drug-likeness (QED) is 0.844. The van der Waals surface area contributed by atoms with Gasteiger partial charge in [-0.15, -0.1) is 0 Å². The van der Waals surface area contributed by atoms with Gasteiger partial charge in [0.05, 0.1) is 23.4 Å². The molecule has 0 radical (unpaired) electrons. The summed E-state index contributed by atoms with van der Waals surface area (Å²) in [4.78, 5) is 14.2. The van der Waals surface area contributed by atoms with Gasteiger partial charge < -0.3 is 9.64 Å². The Morgan fingerprint density at radius 2 is 1.70 bits per heavy atom. The smallest absolute Gasteiger partial charge is 0.254 e. The minimum Gasteiger partial charge on any atom is -0.378 e. The van der Waals surface area contributed by atoms with Crippen LogP contribution in [-0.2, 0) is 14.6 Å². The summed E-state index contributed by atoms with van der Waals surface area (Å²) in [5.74, 6) is -0.0817. The molecule has 0 atom stereocenters. The van der Waals surface area contributed by atoms with E-state index in [0.29, 0.717) is 31.9 Å². The number of hydrogen-bond acceptors (Lipinski definition) is 4. The lowest BCUT2D eigenvalue weighted by Crippen LogP contribution is -2.40. The highest BCUT2D eigenvalue weighted by atomic mass is 32.2. The lowest BCUT2D eigenvalue weighted by Gasteiger charge is -2.26. The molecule has 1 saturated heterocycles. The number of rotatable bonds is 3. The SMILES string of the molecule is CC(C)S(=O)(=O)c1ccc(C(=O)N2CCOCC2)cc1. The summed E-state index contributed by atoms with van der Waals surface area (Å²) in [6.45, 7) is 5.52. The van der Waals surface area contributed by atoms with Gasteiger partial charge in [-0.1, -0.05) is 0 Å². The van der Waals surface area contributed by atoms with Gasteiger partial charge in [-0.25, -0.2) is 8.42 Å². The second kappa shape index (κ2) is 5.93. The lowest BCUT2D eigenvalue weighted by atomic mass is 10.2. The maximum Gasteiger partial charge on any atom is 0.254 e. The van der Waals surface area contributed by atoms with Gasteiger partial charge >= 0.3 is 0 Å². The molecule has 110 valence electrons. The van der Waals surface area contributed by atoms with Crippen LogP contribution in [-0.4, -0.2) is 50.8 Å². The van der Waals surface area contributed by atoms with Gasteiger partial charge in [-0.3, -0.25) is 4.79 Å². The van der Waals surface area contributed by atoms with Crippen LogP contribution in [0.1, 0.15) is 24.2 Å². The van der Waals surface area contributed by atoms with Crippen molar-refractivity contribution in [2.45, 2.75) is 24.0 Å². The summed E-state index contributed by atoms with van der Waals surface area (Å²) in [6, 6.07) is 6.16. The number of hydrogen-bond donors (Lipinski definition) is 0. The van der Waals surface area contributed by atoms with Gasteiger partial charge in [0, 0.05) is 18.7 Å². The zero-order chi connectivity index (χ0) is 14.8. The molecular weight excluding hydrogens is 278 g/mol. The zero-order valence-corrected chi connectivity index (χ0v) is 12.5. The van der Waals surface area contributed by atoms with Gasteiger partial charge in [-0.05, 0) is 38.1 Å². The first kappa shape index (κ1) is 15.0. The number of sulfone groups is 1. The van der Waals surface area contributed by atoms with E-state index < -0.39 is 15.1 Å².